The number of hydrogen-bond acceptors (Lipinski definition) is 4. The van der Waals surface area contributed by atoms with Crippen molar-refractivity contribution in [1.82, 2.24) is 15.0 Å². The molecule has 0 atom stereocenters. The molecule has 0 bridgehead atoms. The molecule has 5 nitrogen and oxygen atoms in total. The fourth-order valence-corrected chi connectivity index (χ4v) is 1.90. The molecule has 0 saturated carbocycles. The molecule has 2 rings (SSSR count). The maximum atomic E-state index is 13.2. The van der Waals surface area contributed by atoms with E-state index in [1.165, 1.54) is 22.9 Å². The molecule has 1 aromatic carbocycles. The van der Waals surface area contributed by atoms with Crippen LogP contribution in [0.15, 0.2) is 18.2 Å². The first-order valence-electron chi connectivity index (χ1n) is 6.04. The number of ether oxygens (including phenoxy) is 1. The van der Waals surface area contributed by atoms with Gasteiger partial charge in [0, 0.05) is 5.02 Å². The lowest BCUT2D eigenvalue weighted by Gasteiger charge is -2.06. The highest BCUT2D eigenvalue weighted by Crippen LogP contribution is 2.19. The first kappa shape index (κ1) is 14.5. The molecule has 0 aliphatic carbocycles. The summed E-state index contributed by atoms with van der Waals surface area (Å²) >= 11 is 6.00. The zero-order valence-electron chi connectivity index (χ0n) is 11.1. The van der Waals surface area contributed by atoms with E-state index in [4.69, 9.17) is 16.3 Å². The Morgan fingerprint density at radius 3 is 2.95 bits per heavy atom. The molecule has 2 aromatic rings. The maximum Gasteiger partial charge on any atom is 0.360 e. The summed E-state index contributed by atoms with van der Waals surface area (Å²) in [4.78, 5) is 11.6. The predicted molar refractivity (Wildman–Crippen MR) is 71.2 cm³/mol. The van der Waals surface area contributed by atoms with Crippen molar-refractivity contribution in [1.29, 1.82) is 0 Å². The highest BCUT2D eigenvalue weighted by molar-refractivity contribution is 6.31. The van der Waals surface area contributed by atoms with E-state index in [1.807, 2.05) is 0 Å². The zero-order chi connectivity index (χ0) is 14.7. The summed E-state index contributed by atoms with van der Waals surface area (Å²) in [6.07, 6.45) is 0. The lowest BCUT2D eigenvalue weighted by Crippen LogP contribution is -2.09. The quantitative estimate of drug-likeness (QED) is 0.814. The predicted octanol–water partition coefficient (Wildman–Crippen LogP) is 2.60. The summed E-state index contributed by atoms with van der Waals surface area (Å²) in [6.45, 7) is 3.90. The largest absolute Gasteiger partial charge is 0.461 e. The van der Waals surface area contributed by atoms with Gasteiger partial charge in [0.1, 0.15) is 5.82 Å². The van der Waals surface area contributed by atoms with E-state index in [2.05, 4.69) is 10.3 Å². The van der Waals surface area contributed by atoms with Gasteiger partial charge in [-0.2, -0.15) is 0 Å². The van der Waals surface area contributed by atoms with Gasteiger partial charge in [-0.25, -0.2) is 13.9 Å². The molecule has 0 amide bonds. The van der Waals surface area contributed by atoms with Crippen LogP contribution in [0, 0.1) is 12.7 Å². The minimum Gasteiger partial charge on any atom is -0.461 e. The molecular formula is C13H13ClFN3O2. The van der Waals surface area contributed by atoms with Crippen LogP contribution in [0.3, 0.4) is 0 Å². The summed E-state index contributed by atoms with van der Waals surface area (Å²) < 4.78 is 19.6. The van der Waals surface area contributed by atoms with E-state index in [0.29, 0.717) is 16.3 Å². The Bertz CT molecular complexity index is 643. The number of carbonyl (C=O) groups excluding carboxylic acids is 1. The van der Waals surface area contributed by atoms with Gasteiger partial charge in [0.15, 0.2) is 5.69 Å². The second-order valence-corrected chi connectivity index (χ2v) is 4.54. The molecule has 0 saturated heterocycles. The highest BCUT2D eigenvalue weighted by Gasteiger charge is 2.18. The van der Waals surface area contributed by atoms with E-state index >= 15 is 0 Å². The number of benzene rings is 1. The van der Waals surface area contributed by atoms with Gasteiger partial charge in [0.25, 0.3) is 0 Å². The van der Waals surface area contributed by atoms with E-state index < -0.39 is 5.97 Å². The van der Waals surface area contributed by atoms with Crippen LogP contribution in [0.25, 0.3) is 0 Å². The zero-order valence-corrected chi connectivity index (χ0v) is 11.8. The number of nitrogens with zero attached hydrogens (tertiary/aromatic N) is 3. The fourth-order valence-electron chi connectivity index (χ4n) is 1.72. The van der Waals surface area contributed by atoms with Gasteiger partial charge in [-0.15, -0.1) is 5.10 Å². The van der Waals surface area contributed by atoms with Gasteiger partial charge in [0.05, 0.1) is 18.8 Å². The summed E-state index contributed by atoms with van der Waals surface area (Å²) in [5.74, 6) is -0.908. The molecule has 106 valence electrons. The summed E-state index contributed by atoms with van der Waals surface area (Å²) in [7, 11) is 0. The molecule has 0 unspecified atom stereocenters. The van der Waals surface area contributed by atoms with Crippen LogP contribution in [-0.4, -0.2) is 27.6 Å². The summed E-state index contributed by atoms with van der Waals surface area (Å²) in [6, 6.07) is 4.09. The van der Waals surface area contributed by atoms with E-state index in [-0.39, 0.29) is 24.7 Å². The third-order valence-corrected chi connectivity index (χ3v) is 3.15. The Morgan fingerprint density at radius 1 is 1.50 bits per heavy atom. The smallest absolute Gasteiger partial charge is 0.360 e. The van der Waals surface area contributed by atoms with Crippen LogP contribution < -0.4 is 0 Å². The van der Waals surface area contributed by atoms with Crippen LogP contribution in [0.4, 0.5) is 4.39 Å². The monoisotopic (exact) mass is 297 g/mol. The van der Waals surface area contributed by atoms with Crippen molar-refractivity contribution in [3.8, 4) is 0 Å². The van der Waals surface area contributed by atoms with Crippen LogP contribution in [0.1, 0.15) is 28.7 Å². The minimum absolute atomic E-state index is 0.152. The number of carbonyl (C=O) groups is 1. The van der Waals surface area contributed by atoms with Gasteiger partial charge in [-0.05, 0) is 37.6 Å². The molecule has 1 heterocycles. The molecule has 0 spiro atoms. The molecular weight excluding hydrogens is 285 g/mol. The number of rotatable bonds is 4. The lowest BCUT2D eigenvalue weighted by atomic mass is 10.2. The van der Waals surface area contributed by atoms with Crippen molar-refractivity contribution in [2.75, 3.05) is 6.61 Å². The SMILES string of the molecule is CCOC(=O)c1nnn(Cc2cc(F)ccc2Cl)c1C. The van der Waals surface area contributed by atoms with Crippen LogP contribution in [-0.2, 0) is 11.3 Å². The topological polar surface area (TPSA) is 57.0 Å². The van der Waals surface area contributed by atoms with Gasteiger partial charge in [-0.3, -0.25) is 0 Å². The first-order valence-corrected chi connectivity index (χ1v) is 6.41. The number of halogens is 2. The molecule has 0 aliphatic rings. The number of esters is 1. The second kappa shape index (κ2) is 6.00. The molecule has 20 heavy (non-hydrogen) atoms. The number of aromatic nitrogens is 3. The Hall–Kier alpha value is -1.95. The van der Waals surface area contributed by atoms with Gasteiger partial charge in [0.2, 0.25) is 0 Å². The molecule has 1 aromatic heterocycles. The van der Waals surface area contributed by atoms with Gasteiger partial charge in [-0.1, -0.05) is 16.8 Å². The number of hydrogen-bond donors (Lipinski definition) is 0. The normalized spacial score (nSPS) is 10.6. The Kier molecular flexibility index (Phi) is 4.34. The average Bonchev–Trinajstić information content (AvgIpc) is 2.76. The second-order valence-electron chi connectivity index (χ2n) is 4.14. The fraction of sp³-hybridized carbons (Fsp3) is 0.308. The molecule has 0 N–H and O–H groups in total. The molecule has 0 fully saturated rings. The Morgan fingerprint density at radius 2 is 2.25 bits per heavy atom. The average molecular weight is 298 g/mol. The van der Waals surface area contributed by atoms with Crippen molar-refractivity contribution >= 4 is 17.6 Å². The Labute approximate surface area is 120 Å². The molecule has 7 heteroatoms. The third-order valence-electron chi connectivity index (χ3n) is 2.78. The third kappa shape index (κ3) is 2.96. The van der Waals surface area contributed by atoms with E-state index in [0.717, 1.165) is 0 Å². The van der Waals surface area contributed by atoms with Crippen molar-refractivity contribution in [3.63, 3.8) is 0 Å². The minimum atomic E-state index is -0.526. The molecule has 0 radical (unpaired) electrons. The van der Waals surface area contributed by atoms with Crippen molar-refractivity contribution in [2.45, 2.75) is 20.4 Å². The van der Waals surface area contributed by atoms with Gasteiger partial charge < -0.3 is 4.74 Å². The van der Waals surface area contributed by atoms with Gasteiger partial charge >= 0.3 is 5.97 Å². The van der Waals surface area contributed by atoms with Crippen molar-refractivity contribution in [3.05, 3.63) is 46.0 Å². The van der Waals surface area contributed by atoms with Crippen LogP contribution in [0.2, 0.25) is 5.02 Å². The van der Waals surface area contributed by atoms with Crippen molar-refractivity contribution < 1.29 is 13.9 Å². The summed E-state index contributed by atoms with van der Waals surface area (Å²) in [5, 5.41) is 8.08. The van der Waals surface area contributed by atoms with E-state index in [9.17, 15) is 9.18 Å². The molecule has 0 aliphatic heterocycles. The van der Waals surface area contributed by atoms with Crippen LogP contribution >= 0.6 is 11.6 Å². The first-order chi connectivity index (χ1) is 9.52. The Balaban J connectivity index is 2.26. The summed E-state index contributed by atoms with van der Waals surface area (Å²) in [5.41, 5.74) is 1.26. The lowest BCUT2D eigenvalue weighted by molar-refractivity contribution is 0.0518. The van der Waals surface area contributed by atoms with E-state index in [1.54, 1.807) is 13.8 Å². The highest BCUT2D eigenvalue weighted by atomic mass is 35.5. The maximum absolute atomic E-state index is 13.2. The van der Waals surface area contributed by atoms with Crippen molar-refractivity contribution in [2.24, 2.45) is 0 Å². The van der Waals surface area contributed by atoms with Crippen LogP contribution in [0.5, 0.6) is 0 Å². The standard InChI is InChI=1S/C13H13ClFN3O2/c1-3-20-13(19)12-8(2)18(17-16-12)7-9-6-10(15)4-5-11(9)14/h4-6H,3,7H2,1-2H3.